The van der Waals surface area contributed by atoms with Gasteiger partial charge in [-0.25, -0.2) is 14.4 Å². The first-order valence-electron chi connectivity index (χ1n) is 10.7. The zero-order valence-electron chi connectivity index (χ0n) is 19.1. The highest BCUT2D eigenvalue weighted by atomic mass is 16.5. The van der Waals surface area contributed by atoms with Crippen LogP contribution in [0.25, 0.3) is 0 Å². The molecule has 0 aromatic heterocycles. The number of amides is 4. The first-order valence-corrected chi connectivity index (χ1v) is 10.7. The highest BCUT2D eigenvalue weighted by molar-refractivity contribution is 6.01. The molecule has 1 unspecified atom stereocenters. The van der Waals surface area contributed by atoms with Gasteiger partial charge in [-0.15, -0.1) is 0 Å². The minimum Gasteiger partial charge on any atom is -0.495 e. The Bertz CT molecular complexity index is 1080. The fraction of sp³-hybridized carbons (Fsp3) is 0.292. The number of nitrogens with one attached hydrogen (secondary N) is 3. The Balaban J connectivity index is 1.86. The summed E-state index contributed by atoms with van der Waals surface area (Å²) in [5.74, 6) is 0.0391. The van der Waals surface area contributed by atoms with Crippen molar-refractivity contribution < 1.29 is 23.9 Å². The van der Waals surface area contributed by atoms with Gasteiger partial charge in [0.1, 0.15) is 5.75 Å². The molecule has 9 nitrogen and oxygen atoms in total. The van der Waals surface area contributed by atoms with E-state index in [2.05, 4.69) is 16.0 Å². The first kappa shape index (κ1) is 23.6. The van der Waals surface area contributed by atoms with Gasteiger partial charge in [-0.2, -0.15) is 0 Å². The third-order valence-electron chi connectivity index (χ3n) is 5.24. The van der Waals surface area contributed by atoms with Crippen molar-refractivity contribution in [2.45, 2.75) is 26.8 Å². The second-order valence-corrected chi connectivity index (χ2v) is 7.25. The normalized spacial score (nSPS) is 15.6. The molecule has 1 aliphatic heterocycles. The minimum atomic E-state index is -0.710. The number of nitrogens with zero attached hydrogens (tertiary/aromatic N) is 1. The second-order valence-electron chi connectivity index (χ2n) is 7.25. The summed E-state index contributed by atoms with van der Waals surface area (Å²) in [6, 6.07) is 12.5. The maximum absolute atomic E-state index is 12.7. The van der Waals surface area contributed by atoms with Crippen LogP contribution in [0.5, 0.6) is 5.75 Å². The summed E-state index contributed by atoms with van der Waals surface area (Å²) in [4.78, 5) is 39.4. The lowest BCUT2D eigenvalue weighted by molar-refractivity contribution is -0.139. The Labute approximate surface area is 192 Å². The highest BCUT2D eigenvalue weighted by Crippen LogP contribution is 2.32. The van der Waals surface area contributed by atoms with E-state index in [4.69, 9.17) is 9.47 Å². The van der Waals surface area contributed by atoms with E-state index in [1.807, 2.05) is 6.92 Å². The average Bonchev–Trinajstić information content (AvgIpc) is 2.79. The van der Waals surface area contributed by atoms with E-state index >= 15 is 0 Å². The van der Waals surface area contributed by atoms with Gasteiger partial charge in [-0.1, -0.05) is 24.3 Å². The summed E-state index contributed by atoms with van der Waals surface area (Å²) in [5, 5.41) is 8.39. The van der Waals surface area contributed by atoms with Crippen molar-refractivity contribution in [1.82, 2.24) is 10.2 Å². The third-order valence-corrected chi connectivity index (χ3v) is 5.24. The number of urea groups is 2. The van der Waals surface area contributed by atoms with E-state index in [-0.39, 0.29) is 12.6 Å². The number of carbonyl (C=O) groups excluding carboxylic acids is 3. The number of esters is 1. The van der Waals surface area contributed by atoms with E-state index < -0.39 is 18.0 Å². The molecule has 9 heteroatoms. The summed E-state index contributed by atoms with van der Waals surface area (Å²) in [6.07, 6.45) is 0. The van der Waals surface area contributed by atoms with Gasteiger partial charge >= 0.3 is 18.0 Å². The Morgan fingerprint density at radius 3 is 2.55 bits per heavy atom. The number of hydrogen-bond acceptors (Lipinski definition) is 5. The maximum atomic E-state index is 12.7. The van der Waals surface area contributed by atoms with Crippen LogP contribution in [0.2, 0.25) is 0 Å². The molecule has 3 N–H and O–H groups in total. The molecule has 2 aromatic rings. The molecule has 4 amide bonds. The van der Waals surface area contributed by atoms with Gasteiger partial charge in [-0.05, 0) is 50.6 Å². The molecule has 1 heterocycles. The predicted octanol–water partition coefficient (Wildman–Crippen LogP) is 4.26. The number of methoxy groups -OCH3 is 1. The fourth-order valence-corrected chi connectivity index (χ4v) is 3.71. The van der Waals surface area contributed by atoms with Crippen LogP contribution in [-0.2, 0) is 9.53 Å². The monoisotopic (exact) mass is 452 g/mol. The van der Waals surface area contributed by atoms with Gasteiger partial charge in [0.2, 0.25) is 0 Å². The van der Waals surface area contributed by atoms with Crippen LogP contribution in [0.4, 0.5) is 21.0 Å². The number of para-hydroxylation sites is 2. The lowest BCUT2D eigenvalue weighted by Gasteiger charge is -2.34. The highest BCUT2D eigenvalue weighted by Gasteiger charge is 2.35. The molecule has 3 rings (SSSR count). The molecule has 0 fully saturated rings. The molecule has 174 valence electrons. The molecule has 0 aliphatic carbocycles. The lowest BCUT2D eigenvalue weighted by atomic mass is 9.94. The van der Waals surface area contributed by atoms with Gasteiger partial charge in [-0.3, -0.25) is 4.90 Å². The van der Waals surface area contributed by atoms with Gasteiger partial charge in [0.05, 0.1) is 31.0 Å². The van der Waals surface area contributed by atoms with Crippen molar-refractivity contribution in [3.8, 4) is 5.75 Å². The Morgan fingerprint density at radius 2 is 1.85 bits per heavy atom. The molecule has 0 saturated heterocycles. The zero-order chi connectivity index (χ0) is 24.0. The molecule has 1 aliphatic rings. The van der Waals surface area contributed by atoms with E-state index in [1.165, 1.54) is 12.0 Å². The summed E-state index contributed by atoms with van der Waals surface area (Å²) in [6.45, 7) is 5.92. The topological polar surface area (TPSA) is 109 Å². The van der Waals surface area contributed by atoms with Crippen molar-refractivity contribution in [2.75, 3.05) is 30.9 Å². The average molecular weight is 453 g/mol. The summed E-state index contributed by atoms with van der Waals surface area (Å²) >= 11 is 0. The van der Waals surface area contributed by atoms with Crippen molar-refractivity contribution in [3.63, 3.8) is 0 Å². The third kappa shape index (κ3) is 5.25. The van der Waals surface area contributed by atoms with Crippen LogP contribution in [0.3, 0.4) is 0 Å². The molecule has 2 aromatic carbocycles. The second kappa shape index (κ2) is 10.5. The number of hydrogen-bond donors (Lipinski definition) is 3. The van der Waals surface area contributed by atoms with Gasteiger partial charge in [0.25, 0.3) is 0 Å². The van der Waals surface area contributed by atoms with Crippen LogP contribution in [0.15, 0.2) is 59.8 Å². The van der Waals surface area contributed by atoms with Crippen LogP contribution in [-0.4, -0.2) is 43.2 Å². The van der Waals surface area contributed by atoms with E-state index in [0.717, 1.165) is 0 Å². The molecule has 0 bridgehead atoms. The molecule has 0 radical (unpaired) electrons. The Hall–Kier alpha value is -4.01. The quantitative estimate of drug-likeness (QED) is 0.544. The van der Waals surface area contributed by atoms with Crippen LogP contribution in [0.1, 0.15) is 32.4 Å². The smallest absolute Gasteiger partial charge is 0.338 e. The lowest BCUT2D eigenvalue weighted by Crippen LogP contribution is -2.47. The molecule has 33 heavy (non-hydrogen) atoms. The number of carbonyl (C=O) groups is 3. The number of rotatable bonds is 7. The van der Waals surface area contributed by atoms with Crippen LogP contribution in [0, 0.1) is 0 Å². The Morgan fingerprint density at radius 1 is 1.09 bits per heavy atom. The summed E-state index contributed by atoms with van der Waals surface area (Å²) < 4.78 is 10.5. The van der Waals surface area contributed by atoms with Crippen LogP contribution >= 0.6 is 0 Å². The van der Waals surface area contributed by atoms with E-state index in [1.54, 1.807) is 62.4 Å². The standard InChI is InChI=1S/C24H28N4O5/c1-5-28-15(3)20(22(29)33-6-2)21(27-24(28)31)16-10-9-11-17(14-16)25-23(30)26-18-12-7-8-13-19(18)32-4/h7-14,21H,5-6H2,1-4H3,(H,27,31)(H2,25,26,30). The Kier molecular flexibility index (Phi) is 7.55. The molecule has 0 spiro atoms. The molecule has 1 atom stereocenters. The van der Waals surface area contributed by atoms with Gasteiger partial charge in [0.15, 0.2) is 0 Å². The van der Waals surface area contributed by atoms with Crippen LogP contribution < -0.4 is 20.7 Å². The largest absolute Gasteiger partial charge is 0.495 e. The van der Waals surface area contributed by atoms with Crippen molar-refractivity contribution in [1.29, 1.82) is 0 Å². The maximum Gasteiger partial charge on any atom is 0.338 e. The number of ether oxygens (including phenoxy) is 2. The number of allylic oxidation sites excluding steroid dienone is 1. The van der Waals surface area contributed by atoms with Crippen molar-refractivity contribution in [3.05, 3.63) is 65.4 Å². The SMILES string of the molecule is CCOC(=O)C1=C(C)N(CC)C(=O)NC1c1cccc(NC(=O)Nc2ccccc2OC)c1. The fourth-order valence-electron chi connectivity index (χ4n) is 3.71. The number of anilines is 2. The van der Waals surface area contributed by atoms with Gasteiger partial charge in [0, 0.05) is 17.9 Å². The van der Waals surface area contributed by atoms with Crippen molar-refractivity contribution in [2.24, 2.45) is 0 Å². The zero-order valence-corrected chi connectivity index (χ0v) is 19.1. The predicted molar refractivity (Wildman–Crippen MR) is 125 cm³/mol. The summed E-state index contributed by atoms with van der Waals surface area (Å²) in [5.41, 5.74) is 2.55. The van der Waals surface area contributed by atoms with E-state index in [0.29, 0.717) is 40.5 Å². The number of benzene rings is 2. The van der Waals surface area contributed by atoms with E-state index in [9.17, 15) is 14.4 Å². The van der Waals surface area contributed by atoms with Crippen molar-refractivity contribution >= 4 is 29.4 Å². The summed E-state index contributed by atoms with van der Waals surface area (Å²) in [7, 11) is 1.52. The van der Waals surface area contributed by atoms with Gasteiger partial charge < -0.3 is 25.4 Å². The molecular formula is C24H28N4O5. The minimum absolute atomic E-state index is 0.215. The molecule has 0 saturated carbocycles. The first-order chi connectivity index (χ1) is 15.9. The molecular weight excluding hydrogens is 424 g/mol.